The number of nitrogens with zero attached hydrogens (tertiary/aromatic N) is 1. The predicted octanol–water partition coefficient (Wildman–Crippen LogP) is 14.8. The normalized spacial score (nSPS) is 11.5. The second-order valence-electron chi connectivity index (χ2n) is 13.4. The third-order valence-corrected chi connectivity index (χ3v) is 11.5. The second-order valence-corrected chi connectivity index (χ2v) is 14.4. The van der Waals surface area contributed by atoms with Gasteiger partial charge in [0.2, 0.25) is 0 Å². The Kier molecular flexibility index (Phi) is 7.41. The Hall–Kier alpha value is -6.48. The van der Waals surface area contributed by atoms with Crippen molar-refractivity contribution < 1.29 is 0 Å². The van der Waals surface area contributed by atoms with E-state index in [0.29, 0.717) is 0 Å². The van der Waals surface area contributed by atoms with Crippen LogP contribution >= 0.6 is 11.3 Å². The van der Waals surface area contributed by atoms with Crippen LogP contribution in [-0.2, 0) is 0 Å². The van der Waals surface area contributed by atoms with Crippen LogP contribution < -0.4 is 4.90 Å². The lowest BCUT2D eigenvalue weighted by atomic mass is 9.97. The van der Waals surface area contributed by atoms with Crippen LogP contribution in [-0.4, -0.2) is 0 Å². The van der Waals surface area contributed by atoms with Crippen LogP contribution in [0.4, 0.5) is 17.1 Å². The van der Waals surface area contributed by atoms with Crippen molar-refractivity contribution >= 4 is 70.1 Å². The molecule has 1 heterocycles. The Morgan fingerprint density at radius 1 is 0.327 bits per heavy atom. The van der Waals surface area contributed by atoms with E-state index in [1.54, 1.807) is 0 Å². The summed E-state index contributed by atoms with van der Waals surface area (Å²) in [6.45, 7) is 0. The van der Waals surface area contributed by atoms with Crippen molar-refractivity contribution in [2.45, 2.75) is 0 Å². The smallest absolute Gasteiger partial charge is 0.0640 e. The molecule has 0 radical (unpaired) electrons. The molecule has 0 unspecified atom stereocenters. The minimum Gasteiger partial charge on any atom is -0.309 e. The highest BCUT2D eigenvalue weighted by Gasteiger charge is 2.18. The van der Waals surface area contributed by atoms with Gasteiger partial charge in [0.1, 0.15) is 0 Å². The van der Waals surface area contributed by atoms with Crippen LogP contribution in [0.5, 0.6) is 0 Å². The second kappa shape index (κ2) is 12.7. The molecule has 0 N–H and O–H groups in total. The van der Waals surface area contributed by atoms with Crippen molar-refractivity contribution in [3.05, 3.63) is 200 Å². The Labute approximate surface area is 307 Å². The molecule has 10 aromatic rings. The fourth-order valence-electron chi connectivity index (χ4n) is 7.64. The molecular weight excluding hydrogens is 647 g/mol. The van der Waals surface area contributed by atoms with E-state index in [4.69, 9.17) is 0 Å². The molecule has 0 fully saturated rings. The molecule has 0 bridgehead atoms. The summed E-state index contributed by atoms with van der Waals surface area (Å²) in [7, 11) is 0. The van der Waals surface area contributed by atoms with Gasteiger partial charge in [0.15, 0.2) is 0 Å². The van der Waals surface area contributed by atoms with E-state index in [1.807, 2.05) is 11.3 Å². The number of anilines is 3. The highest BCUT2D eigenvalue weighted by Crippen LogP contribution is 2.45. The first-order valence-corrected chi connectivity index (χ1v) is 18.6. The van der Waals surface area contributed by atoms with Gasteiger partial charge in [-0.1, -0.05) is 152 Å². The van der Waals surface area contributed by atoms with Crippen molar-refractivity contribution in [2.75, 3.05) is 4.90 Å². The highest BCUT2D eigenvalue weighted by atomic mass is 32.1. The van der Waals surface area contributed by atoms with E-state index in [0.717, 1.165) is 11.4 Å². The molecule has 10 rings (SSSR count). The third-order valence-electron chi connectivity index (χ3n) is 10.3. The molecule has 52 heavy (non-hydrogen) atoms. The van der Waals surface area contributed by atoms with Crippen LogP contribution in [0.25, 0.3) is 75.1 Å². The van der Waals surface area contributed by atoms with Crippen LogP contribution in [0.2, 0.25) is 0 Å². The number of benzene rings is 9. The molecule has 0 spiro atoms. The summed E-state index contributed by atoms with van der Waals surface area (Å²) in [6.07, 6.45) is 0. The first-order valence-electron chi connectivity index (χ1n) is 17.8. The van der Waals surface area contributed by atoms with Crippen LogP contribution in [0.3, 0.4) is 0 Å². The first kappa shape index (κ1) is 30.4. The van der Waals surface area contributed by atoms with Gasteiger partial charge in [0.05, 0.1) is 10.4 Å². The van der Waals surface area contributed by atoms with E-state index >= 15 is 0 Å². The fourth-order valence-corrected chi connectivity index (χ4v) is 8.85. The van der Waals surface area contributed by atoms with Gasteiger partial charge in [-0.15, -0.1) is 11.3 Å². The molecular formula is C50H33NS. The van der Waals surface area contributed by atoms with Gasteiger partial charge < -0.3 is 4.90 Å². The molecule has 9 aromatic carbocycles. The Balaban J connectivity index is 1.06. The van der Waals surface area contributed by atoms with Gasteiger partial charge >= 0.3 is 0 Å². The van der Waals surface area contributed by atoms with E-state index < -0.39 is 0 Å². The van der Waals surface area contributed by atoms with Gasteiger partial charge in [-0.25, -0.2) is 0 Å². The molecule has 0 aliphatic rings. The van der Waals surface area contributed by atoms with Crippen LogP contribution in [0.1, 0.15) is 0 Å². The predicted molar refractivity (Wildman–Crippen MR) is 225 cm³/mol. The summed E-state index contributed by atoms with van der Waals surface area (Å²) >= 11 is 1.87. The summed E-state index contributed by atoms with van der Waals surface area (Å²) in [5, 5.41) is 7.61. The average Bonchev–Trinajstić information content (AvgIpc) is 3.61. The summed E-state index contributed by atoms with van der Waals surface area (Å²) in [5.41, 5.74) is 10.8. The molecule has 0 aliphatic heterocycles. The summed E-state index contributed by atoms with van der Waals surface area (Å²) in [5.74, 6) is 0. The van der Waals surface area contributed by atoms with Gasteiger partial charge in [0.25, 0.3) is 0 Å². The van der Waals surface area contributed by atoms with Crippen LogP contribution in [0, 0.1) is 0 Å². The summed E-state index contributed by atoms with van der Waals surface area (Å²) in [6, 6.07) is 72.9. The molecule has 0 atom stereocenters. The molecule has 244 valence electrons. The van der Waals surface area contributed by atoms with Gasteiger partial charge in [-0.2, -0.15) is 0 Å². The lowest BCUT2D eigenvalue weighted by molar-refractivity contribution is 1.30. The van der Waals surface area contributed by atoms with E-state index in [-0.39, 0.29) is 0 Å². The number of rotatable bonds is 6. The summed E-state index contributed by atoms with van der Waals surface area (Å²) in [4.78, 5) is 2.42. The molecule has 0 saturated heterocycles. The molecule has 0 amide bonds. The zero-order valence-corrected chi connectivity index (χ0v) is 29.2. The number of fused-ring (bicyclic) bond motifs is 5. The van der Waals surface area contributed by atoms with Gasteiger partial charge in [-0.05, 0) is 103 Å². The number of thiophene rings is 1. The van der Waals surface area contributed by atoms with Crippen molar-refractivity contribution in [3.63, 3.8) is 0 Å². The maximum atomic E-state index is 2.42. The molecule has 0 saturated carbocycles. The number of hydrogen-bond acceptors (Lipinski definition) is 2. The Bertz CT molecular complexity index is 2880. The summed E-state index contributed by atoms with van der Waals surface area (Å²) < 4.78 is 2.59. The average molecular weight is 680 g/mol. The fraction of sp³-hybridized carbons (Fsp3) is 0. The van der Waals surface area contributed by atoms with Crippen LogP contribution in [0.15, 0.2) is 200 Å². The Morgan fingerprint density at radius 3 is 1.60 bits per heavy atom. The SMILES string of the molecule is c1ccc(-c2ccc3cc(-c4ccc(N(c5ccc(-c6cccc7ccccc67)cc5)c5cccc6c5sc5ccccc56)cc4)ccc3c2)cc1. The van der Waals surface area contributed by atoms with Crippen molar-refractivity contribution in [1.29, 1.82) is 0 Å². The number of hydrogen-bond donors (Lipinski definition) is 0. The van der Waals surface area contributed by atoms with Crippen molar-refractivity contribution in [1.82, 2.24) is 0 Å². The Morgan fingerprint density at radius 2 is 0.865 bits per heavy atom. The quantitative estimate of drug-likeness (QED) is 0.169. The maximum Gasteiger partial charge on any atom is 0.0640 e. The molecule has 0 aliphatic carbocycles. The third kappa shape index (κ3) is 5.33. The maximum absolute atomic E-state index is 2.42. The molecule has 1 nitrogen and oxygen atoms in total. The van der Waals surface area contributed by atoms with E-state index in [1.165, 1.54) is 80.8 Å². The first-order chi connectivity index (χ1) is 25.8. The zero-order chi connectivity index (χ0) is 34.4. The minimum absolute atomic E-state index is 1.12. The molecule has 2 heteroatoms. The van der Waals surface area contributed by atoms with Crippen molar-refractivity contribution in [3.8, 4) is 33.4 Å². The minimum atomic E-state index is 1.12. The highest BCUT2D eigenvalue weighted by molar-refractivity contribution is 7.26. The molecule has 1 aromatic heterocycles. The monoisotopic (exact) mass is 679 g/mol. The standard InChI is InChI=1S/C50H33NS/c1-2-10-34(11-3-1)38-20-22-41-33-39(21-23-40(41)32-38)35-24-28-42(29-25-35)51(48-18-9-17-47-46-15-6-7-19-49(46)52-50(47)48)43-30-26-37(27-31-43)45-16-8-13-36-12-4-5-14-44(36)45/h1-33H. The van der Waals surface area contributed by atoms with Gasteiger partial charge in [0, 0.05) is 26.8 Å². The zero-order valence-electron chi connectivity index (χ0n) is 28.4. The van der Waals surface area contributed by atoms with Gasteiger partial charge in [-0.3, -0.25) is 0 Å². The van der Waals surface area contributed by atoms with E-state index in [9.17, 15) is 0 Å². The lowest BCUT2D eigenvalue weighted by Crippen LogP contribution is -2.10. The van der Waals surface area contributed by atoms with Crippen molar-refractivity contribution in [2.24, 2.45) is 0 Å². The largest absolute Gasteiger partial charge is 0.309 e. The lowest BCUT2D eigenvalue weighted by Gasteiger charge is -2.26. The van der Waals surface area contributed by atoms with E-state index in [2.05, 4.69) is 205 Å². The topological polar surface area (TPSA) is 3.24 Å².